The first-order valence-corrected chi connectivity index (χ1v) is 10.9. The van der Waals surface area contributed by atoms with Crippen LogP contribution in [0.15, 0.2) is 0 Å². The Morgan fingerprint density at radius 1 is 0.630 bits per heavy atom. The minimum Gasteiger partial charge on any atom is -0.379 e. The molecule has 6 heteroatoms. The lowest BCUT2D eigenvalue weighted by Gasteiger charge is -2.08. The molecule has 0 atom stereocenters. The van der Waals surface area contributed by atoms with Gasteiger partial charge in [-0.25, -0.2) is 0 Å². The third-order valence-corrected chi connectivity index (χ3v) is 4.15. The second-order valence-corrected chi connectivity index (χ2v) is 6.61. The number of nitrogens with one attached hydrogen (secondary N) is 1. The summed E-state index contributed by atoms with van der Waals surface area (Å²) in [6.07, 6.45) is 10.6. The summed E-state index contributed by atoms with van der Waals surface area (Å²) in [5.41, 5.74) is 0. The van der Waals surface area contributed by atoms with Gasteiger partial charge < -0.3 is 24.3 Å². The molecule has 0 radical (unpaired) electrons. The Morgan fingerprint density at radius 3 is 1.67 bits per heavy atom. The van der Waals surface area contributed by atoms with Gasteiger partial charge in [-0.15, -0.1) is 0 Å². The molecule has 0 bridgehead atoms. The van der Waals surface area contributed by atoms with Crippen LogP contribution < -0.4 is 5.32 Å². The van der Waals surface area contributed by atoms with Crippen molar-refractivity contribution in [1.29, 1.82) is 0 Å². The van der Waals surface area contributed by atoms with Crippen molar-refractivity contribution in [2.24, 2.45) is 0 Å². The van der Waals surface area contributed by atoms with E-state index in [4.69, 9.17) is 18.9 Å². The van der Waals surface area contributed by atoms with Crippen molar-refractivity contribution in [2.75, 3.05) is 59.4 Å². The zero-order valence-corrected chi connectivity index (χ0v) is 17.8. The molecule has 0 aromatic rings. The Morgan fingerprint density at radius 2 is 1.11 bits per heavy atom. The van der Waals surface area contributed by atoms with E-state index in [0.717, 1.165) is 19.4 Å². The number of carbonyl (C=O) groups excluding carboxylic acids is 1. The summed E-state index contributed by atoms with van der Waals surface area (Å²) >= 11 is 0. The summed E-state index contributed by atoms with van der Waals surface area (Å²) in [7, 11) is 0. The monoisotopic (exact) mass is 389 g/mol. The van der Waals surface area contributed by atoms with Gasteiger partial charge in [0.05, 0.1) is 46.2 Å². The van der Waals surface area contributed by atoms with Crippen LogP contribution in [-0.4, -0.2) is 65.3 Å². The van der Waals surface area contributed by atoms with Gasteiger partial charge in [-0.2, -0.15) is 0 Å². The molecule has 162 valence electrons. The summed E-state index contributed by atoms with van der Waals surface area (Å²) < 4.78 is 21.3. The third-order valence-electron chi connectivity index (χ3n) is 4.15. The molecule has 0 aromatic heterocycles. The minimum absolute atomic E-state index is 0.130. The maximum absolute atomic E-state index is 11.7. The summed E-state index contributed by atoms with van der Waals surface area (Å²) in [6, 6.07) is 0. The van der Waals surface area contributed by atoms with Crippen LogP contribution in [0.25, 0.3) is 0 Å². The van der Waals surface area contributed by atoms with E-state index in [1.807, 2.05) is 6.92 Å². The molecule has 0 fully saturated rings. The molecule has 0 spiro atoms. The average molecular weight is 390 g/mol. The molecule has 0 aliphatic rings. The van der Waals surface area contributed by atoms with E-state index in [1.165, 1.54) is 38.5 Å². The summed E-state index contributed by atoms with van der Waals surface area (Å²) in [5.74, 6) is 0.130. The number of hydrogen-bond donors (Lipinski definition) is 1. The van der Waals surface area contributed by atoms with Crippen LogP contribution in [0, 0.1) is 0 Å². The molecule has 27 heavy (non-hydrogen) atoms. The average Bonchev–Trinajstić information content (AvgIpc) is 2.67. The van der Waals surface area contributed by atoms with Gasteiger partial charge in [0.2, 0.25) is 5.91 Å². The largest absolute Gasteiger partial charge is 0.379 e. The fourth-order valence-electron chi connectivity index (χ4n) is 2.57. The normalized spacial score (nSPS) is 11.0. The predicted molar refractivity (Wildman–Crippen MR) is 109 cm³/mol. The van der Waals surface area contributed by atoms with Crippen molar-refractivity contribution >= 4 is 5.91 Å². The highest BCUT2D eigenvalue weighted by Crippen LogP contribution is 2.09. The maximum Gasteiger partial charge on any atom is 0.220 e. The second kappa shape index (κ2) is 23.3. The lowest BCUT2D eigenvalue weighted by molar-refractivity contribution is -0.121. The second-order valence-electron chi connectivity index (χ2n) is 6.61. The van der Waals surface area contributed by atoms with Crippen LogP contribution in [0.5, 0.6) is 0 Å². The molecular weight excluding hydrogens is 346 g/mol. The molecule has 0 aliphatic carbocycles. The Kier molecular flexibility index (Phi) is 22.8. The zero-order valence-electron chi connectivity index (χ0n) is 17.8. The lowest BCUT2D eigenvalue weighted by atomic mass is 10.1. The quantitative estimate of drug-likeness (QED) is 0.286. The summed E-state index contributed by atoms with van der Waals surface area (Å²) in [6.45, 7) is 9.45. The van der Waals surface area contributed by atoms with E-state index in [-0.39, 0.29) is 5.91 Å². The van der Waals surface area contributed by atoms with E-state index in [9.17, 15) is 4.79 Å². The van der Waals surface area contributed by atoms with E-state index < -0.39 is 0 Å². The number of amides is 1. The first kappa shape index (κ1) is 26.3. The van der Waals surface area contributed by atoms with Gasteiger partial charge in [-0.1, -0.05) is 51.9 Å². The van der Waals surface area contributed by atoms with Crippen molar-refractivity contribution in [1.82, 2.24) is 5.32 Å². The molecule has 0 saturated heterocycles. The van der Waals surface area contributed by atoms with Gasteiger partial charge in [0.15, 0.2) is 0 Å². The molecule has 0 unspecified atom stereocenters. The van der Waals surface area contributed by atoms with Gasteiger partial charge in [-0.05, 0) is 13.3 Å². The Labute approximate surface area is 166 Å². The number of rotatable bonds is 22. The first-order chi connectivity index (χ1) is 13.3. The Hall–Kier alpha value is -0.690. The number of ether oxygens (including phenoxy) is 4. The van der Waals surface area contributed by atoms with Gasteiger partial charge in [-0.3, -0.25) is 4.79 Å². The molecule has 0 saturated carbocycles. The van der Waals surface area contributed by atoms with Crippen LogP contribution in [0.2, 0.25) is 0 Å². The van der Waals surface area contributed by atoms with E-state index in [2.05, 4.69) is 12.2 Å². The standard InChI is InChI=1S/C21H43NO5/c1-3-5-6-7-8-9-10-11-12-21(23)22-13-14-25-17-18-27-20-19-26-16-15-24-4-2/h3-20H2,1-2H3,(H,22,23). The van der Waals surface area contributed by atoms with E-state index in [0.29, 0.717) is 59.2 Å². The van der Waals surface area contributed by atoms with Crippen molar-refractivity contribution in [2.45, 2.75) is 71.6 Å². The number of hydrogen-bond acceptors (Lipinski definition) is 5. The third kappa shape index (κ3) is 23.3. The van der Waals surface area contributed by atoms with Crippen molar-refractivity contribution < 1.29 is 23.7 Å². The topological polar surface area (TPSA) is 66.0 Å². The Balaban J connectivity index is 3.12. The molecule has 0 heterocycles. The van der Waals surface area contributed by atoms with Crippen LogP contribution >= 0.6 is 0 Å². The highest BCUT2D eigenvalue weighted by molar-refractivity contribution is 5.75. The highest BCUT2D eigenvalue weighted by atomic mass is 16.6. The van der Waals surface area contributed by atoms with Crippen LogP contribution in [0.1, 0.15) is 71.6 Å². The lowest BCUT2D eigenvalue weighted by Crippen LogP contribution is -2.27. The van der Waals surface area contributed by atoms with Gasteiger partial charge in [0.1, 0.15) is 0 Å². The first-order valence-electron chi connectivity index (χ1n) is 10.9. The number of unbranched alkanes of at least 4 members (excludes halogenated alkanes) is 7. The van der Waals surface area contributed by atoms with Crippen molar-refractivity contribution in [3.8, 4) is 0 Å². The minimum atomic E-state index is 0.130. The SMILES string of the molecule is CCCCCCCCCCC(=O)NCCOCCOCCOCCOCC. The fourth-order valence-corrected chi connectivity index (χ4v) is 2.57. The molecule has 1 N–H and O–H groups in total. The summed E-state index contributed by atoms with van der Waals surface area (Å²) in [5, 5.41) is 2.90. The van der Waals surface area contributed by atoms with Crippen LogP contribution in [0.3, 0.4) is 0 Å². The van der Waals surface area contributed by atoms with Crippen LogP contribution in [-0.2, 0) is 23.7 Å². The van der Waals surface area contributed by atoms with E-state index >= 15 is 0 Å². The molecule has 0 rings (SSSR count). The zero-order chi connectivity index (χ0) is 19.8. The molecule has 0 aliphatic heterocycles. The van der Waals surface area contributed by atoms with Crippen LogP contribution in [0.4, 0.5) is 0 Å². The van der Waals surface area contributed by atoms with Crippen molar-refractivity contribution in [3.05, 3.63) is 0 Å². The predicted octanol–water partition coefficient (Wildman–Crippen LogP) is 3.72. The van der Waals surface area contributed by atoms with Gasteiger partial charge >= 0.3 is 0 Å². The number of carbonyl (C=O) groups is 1. The van der Waals surface area contributed by atoms with E-state index in [1.54, 1.807) is 0 Å². The van der Waals surface area contributed by atoms with Gasteiger partial charge in [0.25, 0.3) is 0 Å². The molecular formula is C21H43NO5. The summed E-state index contributed by atoms with van der Waals surface area (Å²) in [4.78, 5) is 11.7. The highest BCUT2D eigenvalue weighted by Gasteiger charge is 2.00. The maximum atomic E-state index is 11.7. The Bertz CT molecular complexity index is 302. The van der Waals surface area contributed by atoms with Gasteiger partial charge in [0, 0.05) is 19.6 Å². The molecule has 0 aromatic carbocycles. The molecule has 1 amide bonds. The van der Waals surface area contributed by atoms with Crippen molar-refractivity contribution in [3.63, 3.8) is 0 Å². The fraction of sp³-hybridized carbons (Fsp3) is 0.952. The molecule has 6 nitrogen and oxygen atoms in total. The smallest absolute Gasteiger partial charge is 0.220 e.